The summed E-state index contributed by atoms with van der Waals surface area (Å²) in [5.41, 5.74) is 0.911. The molecule has 1 fully saturated rings. The largest absolute Gasteiger partial charge is 0.479 e. The van der Waals surface area contributed by atoms with Gasteiger partial charge < -0.3 is 14.7 Å². The highest BCUT2D eigenvalue weighted by molar-refractivity contribution is 7.99. The quantitative estimate of drug-likeness (QED) is 0.870. The number of morpholine rings is 1. The molecule has 1 aromatic rings. The number of nitrogens with zero attached hydrogens (tertiary/aromatic N) is 1. The zero-order chi connectivity index (χ0) is 16.1. The van der Waals surface area contributed by atoms with E-state index >= 15 is 0 Å². The molecule has 0 bridgehead atoms. The Balaban J connectivity index is 1.81. The molecule has 1 atom stereocenters. The third-order valence-electron chi connectivity index (χ3n) is 3.19. The number of benzene rings is 1. The number of hydrogen-bond donors (Lipinski definition) is 1. The van der Waals surface area contributed by atoms with E-state index in [9.17, 15) is 9.59 Å². The number of carboxylic acids is 1. The van der Waals surface area contributed by atoms with Crippen LogP contribution >= 0.6 is 35.0 Å². The van der Waals surface area contributed by atoms with Crippen LogP contribution in [0.1, 0.15) is 5.56 Å². The van der Waals surface area contributed by atoms with Crippen molar-refractivity contribution in [3.8, 4) is 0 Å². The lowest BCUT2D eigenvalue weighted by Gasteiger charge is -2.30. The average molecular weight is 364 g/mol. The lowest BCUT2D eigenvalue weighted by atomic mass is 10.2. The van der Waals surface area contributed by atoms with E-state index in [1.165, 1.54) is 16.7 Å². The SMILES string of the molecule is O=C(O)C1CN(C(=O)CSCc2ccc(Cl)cc2Cl)CCO1. The fourth-order valence-electron chi connectivity index (χ4n) is 2.00. The molecule has 0 aliphatic carbocycles. The van der Waals surface area contributed by atoms with E-state index in [-0.39, 0.29) is 24.8 Å². The van der Waals surface area contributed by atoms with E-state index in [1.54, 1.807) is 12.1 Å². The fraction of sp³-hybridized carbons (Fsp3) is 0.429. The second-order valence-electron chi connectivity index (χ2n) is 4.77. The van der Waals surface area contributed by atoms with Crippen LogP contribution in [0.25, 0.3) is 0 Å². The lowest BCUT2D eigenvalue weighted by Crippen LogP contribution is -2.49. The molecule has 1 saturated heterocycles. The third kappa shape index (κ3) is 4.78. The Morgan fingerprint density at radius 2 is 2.18 bits per heavy atom. The number of rotatable bonds is 5. The molecule has 1 aliphatic heterocycles. The number of carbonyl (C=O) groups excluding carboxylic acids is 1. The van der Waals surface area contributed by atoms with Crippen molar-refractivity contribution in [2.75, 3.05) is 25.4 Å². The molecule has 2 rings (SSSR count). The Morgan fingerprint density at radius 1 is 1.41 bits per heavy atom. The predicted molar refractivity (Wildman–Crippen MR) is 86.6 cm³/mol. The molecule has 1 unspecified atom stereocenters. The minimum Gasteiger partial charge on any atom is -0.479 e. The second-order valence-corrected chi connectivity index (χ2v) is 6.60. The molecule has 1 aromatic carbocycles. The van der Waals surface area contributed by atoms with Crippen LogP contribution in [0.2, 0.25) is 10.0 Å². The van der Waals surface area contributed by atoms with Gasteiger partial charge in [0.25, 0.3) is 0 Å². The molecule has 8 heteroatoms. The number of carboxylic acid groups (broad SMARTS) is 1. The molecule has 1 N–H and O–H groups in total. The molecule has 120 valence electrons. The zero-order valence-corrected chi connectivity index (χ0v) is 14.0. The molecule has 22 heavy (non-hydrogen) atoms. The minimum atomic E-state index is -1.04. The smallest absolute Gasteiger partial charge is 0.334 e. The molecule has 0 aromatic heterocycles. The van der Waals surface area contributed by atoms with Crippen LogP contribution in [0.15, 0.2) is 18.2 Å². The summed E-state index contributed by atoms with van der Waals surface area (Å²) >= 11 is 13.3. The van der Waals surface area contributed by atoms with Gasteiger partial charge in [-0.25, -0.2) is 4.79 Å². The normalized spacial score (nSPS) is 18.3. The fourth-order valence-corrected chi connectivity index (χ4v) is 3.49. The van der Waals surface area contributed by atoms with Gasteiger partial charge in [0.15, 0.2) is 6.10 Å². The van der Waals surface area contributed by atoms with Crippen molar-refractivity contribution in [3.63, 3.8) is 0 Å². The van der Waals surface area contributed by atoms with Gasteiger partial charge in [0, 0.05) is 22.3 Å². The van der Waals surface area contributed by atoms with Gasteiger partial charge in [-0.2, -0.15) is 0 Å². The van der Waals surface area contributed by atoms with Crippen LogP contribution < -0.4 is 0 Å². The summed E-state index contributed by atoms with van der Waals surface area (Å²) in [6.45, 7) is 0.762. The summed E-state index contributed by atoms with van der Waals surface area (Å²) in [5.74, 6) is -0.276. The van der Waals surface area contributed by atoms with Crippen molar-refractivity contribution in [1.29, 1.82) is 0 Å². The Morgan fingerprint density at radius 3 is 2.86 bits per heavy atom. The highest BCUT2D eigenvalue weighted by Gasteiger charge is 2.28. The zero-order valence-electron chi connectivity index (χ0n) is 11.6. The predicted octanol–water partition coefficient (Wildman–Crippen LogP) is 2.54. The summed E-state index contributed by atoms with van der Waals surface area (Å²) in [5, 5.41) is 10.1. The maximum atomic E-state index is 12.1. The van der Waals surface area contributed by atoms with Gasteiger partial charge in [-0.15, -0.1) is 11.8 Å². The van der Waals surface area contributed by atoms with Gasteiger partial charge in [-0.05, 0) is 17.7 Å². The first-order valence-electron chi connectivity index (χ1n) is 6.61. The molecule has 1 aliphatic rings. The summed E-state index contributed by atoms with van der Waals surface area (Å²) in [7, 11) is 0. The third-order valence-corrected chi connectivity index (χ3v) is 4.75. The van der Waals surface area contributed by atoms with Crippen molar-refractivity contribution in [2.45, 2.75) is 11.9 Å². The second kappa shape index (κ2) is 8.06. The first-order valence-corrected chi connectivity index (χ1v) is 8.52. The van der Waals surface area contributed by atoms with Crippen molar-refractivity contribution < 1.29 is 19.4 Å². The molecular formula is C14H15Cl2NO4S. The first-order chi connectivity index (χ1) is 10.5. The first kappa shape index (κ1) is 17.4. The Labute approximate surface area is 142 Å². The highest BCUT2D eigenvalue weighted by atomic mass is 35.5. The number of thioether (sulfide) groups is 1. The van der Waals surface area contributed by atoms with Crippen molar-refractivity contribution in [3.05, 3.63) is 33.8 Å². The summed E-state index contributed by atoms with van der Waals surface area (Å²) < 4.78 is 5.09. The van der Waals surface area contributed by atoms with Gasteiger partial charge in [0.05, 0.1) is 18.9 Å². The molecule has 5 nitrogen and oxygen atoms in total. The molecular weight excluding hydrogens is 349 g/mol. The van der Waals surface area contributed by atoms with E-state index in [0.717, 1.165) is 5.56 Å². The van der Waals surface area contributed by atoms with E-state index in [0.29, 0.717) is 22.3 Å². The Hall–Kier alpha value is -0.950. The van der Waals surface area contributed by atoms with Crippen LogP contribution in [0.4, 0.5) is 0 Å². The minimum absolute atomic E-state index is 0.0929. The average Bonchev–Trinajstić information content (AvgIpc) is 2.49. The van der Waals surface area contributed by atoms with Crippen LogP contribution in [-0.4, -0.2) is 53.4 Å². The van der Waals surface area contributed by atoms with Gasteiger partial charge in [0.2, 0.25) is 5.91 Å². The Bertz CT molecular complexity index is 570. The van der Waals surface area contributed by atoms with Crippen molar-refractivity contribution >= 4 is 46.8 Å². The number of hydrogen-bond acceptors (Lipinski definition) is 4. The van der Waals surface area contributed by atoms with Crippen LogP contribution in [0.3, 0.4) is 0 Å². The molecule has 1 heterocycles. The maximum Gasteiger partial charge on any atom is 0.334 e. The lowest BCUT2D eigenvalue weighted by molar-refractivity contribution is -0.158. The topological polar surface area (TPSA) is 66.8 Å². The van der Waals surface area contributed by atoms with E-state index < -0.39 is 12.1 Å². The van der Waals surface area contributed by atoms with Gasteiger partial charge >= 0.3 is 5.97 Å². The molecule has 0 saturated carbocycles. The van der Waals surface area contributed by atoms with E-state index in [2.05, 4.69) is 0 Å². The maximum absolute atomic E-state index is 12.1. The van der Waals surface area contributed by atoms with E-state index in [1.807, 2.05) is 6.07 Å². The monoisotopic (exact) mass is 363 g/mol. The Kier molecular flexibility index (Phi) is 6.37. The molecule has 0 radical (unpaired) electrons. The number of amides is 1. The number of halogens is 2. The van der Waals surface area contributed by atoms with Gasteiger partial charge in [-0.1, -0.05) is 29.3 Å². The van der Waals surface area contributed by atoms with E-state index in [4.69, 9.17) is 33.0 Å². The van der Waals surface area contributed by atoms with Crippen LogP contribution in [-0.2, 0) is 20.1 Å². The summed E-state index contributed by atoms with van der Waals surface area (Å²) in [6.07, 6.45) is -0.937. The van der Waals surface area contributed by atoms with Crippen molar-refractivity contribution in [1.82, 2.24) is 4.90 Å². The van der Waals surface area contributed by atoms with Crippen molar-refractivity contribution in [2.24, 2.45) is 0 Å². The van der Waals surface area contributed by atoms with Crippen LogP contribution in [0, 0.1) is 0 Å². The number of aliphatic carboxylic acids is 1. The number of ether oxygens (including phenoxy) is 1. The molecule has 0 spiro atoms. The van der Waals surface area contributed by atoms with Crippen LogP contribution in [0.5, 0.6) is 0 Å². The number of carbonyl (C=O) groups is 2. The molecule has 1 amide bonds. The summed E-state index contributed by atoms with van der Waals surface area (Å²) in [4.78, 5) is 24.5. The standard InChI is InChI=1S/C14H15Cl2NO4S/c15-10-2-1-9(11(16)5-10)7-22-8-13(18)17-3-4-21-12(6-17)14(19)20/h1-2,5,12H,3-4,6-8H2,(H,19,20). The summed E-state index contributed by atoms with van der Waals surface area (Å²) in [6, 6.07) is 5.25. The van der Waals surface area contributed by atoms with Gasteiger partial charge in [0.1, 0.15) is 0 Å². The van der Waals surface area contributed by atoms with Gasteiger partial charge in [-0.3, -0.25) is 4.79 Å². The highest BCUT2D eigenvalue weighted by Crippen LogP contribution is 2.24.